The highest BCUT2D eigenvalue weighted by molar-refractivity contribution is 6.31. The Morgan fingerprint density at radius 1 is 1.00 bits per heavy atom. The summed E-state index contributed by atoms with van der Waals surface area (Å²) in [5.74, 6) is 0.143. The zero-order valence-electron chi connectivity index (χ0n) is 14.7. The van der Waals surface area contributed by atoms with Crippen molar-refractivity contribution in [2.75, 3.05) is 10.6 Å². The highest BCUT2D eigenvalue weighted by Crippen LogP contribution is 2.30. The number of nitrogens with one attached hydrogen (secondary N) is 3. The first-order chi connectivity index (χ1) is 13.7. The van der Waals surface area contributed by atoms with Gasteiger partial charge in [0, 0.05) is 29.3 Å². The van der Waals surface area contributed by atoms with E-state index in [4.69, 9.17) is 11.6 Å². The molecular formula is C20H16ClFN6. The fourth-order valence-corrected chi connectivity index (χ4v) is 2.88. The number of imidazole rings is 1. The Kier molecular flexibility index (Phi) is 5.16. The van der Waals surface area contributed by atoms with E-state index in [-0.39, 0.29) is 5.02 Å². The van der Waals surface area contributed by atoms with Crippen molar-refractivity contribution in [1.82, 2.24) is 19.9 Å². The van der Waals surface area contributed by atoms with Crippen LogP contribution >= 0.6 is 11.6 Å². The molecule has 0 amide bonds. The highest BCUT2D eigenvalue weighted by atomic mass is 35.5. The standard InChI is InChI=1S/C20H16ClFN6/c21-18-7-15(5-6-19(18)22)28-20-17(10-24-12-27-20)13-1-3-14(4-2-13)25-9-16-8-23-11-26-16/h1-8,10-12,25H,9H2,(H,23,26)(H,24,27,28). The Morgan fingerprint density at radius 2 is 1.82 bits per heavy atom. The molecule has 0 fully saturated rings. The number of benzene rings is 2. The minimum Gasteiger partial charge on any atom is -0.379 e. The van der Waals surface area contributed by atoms with E-state index in [2.05, 4.69) is 30.6 Å². The van der Waals surface area contributed by atoms with Gasteiger partial charge in [-0.05, 0) is 35.9 Å². The van der Waals surface area contributed by atoms with Crippen LogP contribution in [0.4, 0.5) is 21.6 Å². The largest absolute Gasteiger partial charge is 0.379 e. The van der Waals surface area contributed by atoms with E-state index in [1.54, 1.807) is 24.8 Å². The maximum Gasteiger partial charge on any atom is 0.141 e. The van der Waals surface area contributed by atoms with Gasteiger partial charge in [-0.25, -0.2) is 19.3 Å². The molecule has 2 heterocycles. The summed E-state index contributed by atoms with van der Waals surface area (Å²) >= 11 is 5.86. The van der Waals surface area contributed by atoms with Crippen molar-refractivity contribution in [3.63, 3.8) is 0 Å². The van der Waals surface area contributed by atoms with E-state index in [9.17, 15) is 4.39 Å². The van der Waals surface area contributed by atoms with E-state index in [0.717, 1.165) is 22.5 Å². The summed E-state index contributed by atoms with van der Waals surface area (Å²) in [7, 11) is 0. The van der Waals surface area contributed by atoms with Gasteiger partial charge in [-0.1, -0.05) is 23.7 Å². The van der Waals surface area contributed by atoms with E-state index in [0.29, 0.717) is 18.1 Å². The second-order valence-corrected chi connectivity index (χ2v) is 6.45. The van der Waals surface area contributed by atoms with Gasteiger partial charge in [-0.3, -0.25) is 0 Å². The van der Waals surface area contributed by atoms with Crippen molar-refractivity contribution < 1.29 is 4.39 Å². The number of halogens is 2. The lowest BCUT2D eigenvalue weighted by molar-refractivity contribution is 0.628. The Morgan fingerprint density at radius 3 is 2.57 bits per heavy atom. The van der Waals surface area contributed by atoms with Crippen LogP contribution in [-0.4, -0.2) is 19.9 Å². The molecule has 3 N–H and O–H groups in total. The monoisotopic (exact) mass is 394 g/mol. The smallest absolute Gasteiger partial charge is 0.141 e. The number of hydrogen-bond acceptors (Lipinski definition) is 5. The quantitative estimate of drug-likeness (QED) is 0.428. The van der Waals surface area contributed by atoms with Gasteiger partial charge in [-0.2, -0.15) is 0 Å². The van der Waals surface area contributed by atoms with Gasteiger partial charge in [-0.15, -0.1) is 0 Å². The van der Waals surface area contributed by atoms with Crippen LogP contribution in [0.1, 0.15) is 5.69 Å². The van der Waals surface area contributed by atoms with Crippen molar-refractivity contribution in [2.45, 2.75) is 6.54 Å². The summed E-state index contributed by atoms with van der Waals surface area (Å²) in [6.07, 6.45) is 6.62. The maximum atomic E-state index is 13.4. The minimum atomic E-state index is -0.464. The Bertz CT molecular complexity index is 1070. The van der Waals surface area contributed by atoms with Crippen LogP contribution in [-0.2, 0) is 6.54 Å². The molecule has 0 bridgehead atoms. The van der Waals surface area contributed by atoms with Crippen molar-refractivity contribution in [3.05, 3.63) is 84.0 Å². The highest BCUT2D eigenvalue weighted by Gasteiger charge is 2.09. The summed E-state index contributed by atoms with van der Waals surface area (Å²) in [6.45, 7) is 0.659. The molecule has 0 saturated carbocycles. The summed E-state index contributed by atoms with van der Waals surface area (Å²) in [4.78, 5) is 15.5. The summed E-state index contributed by atoms with van der Waals surface area (Å²) in [5, 5.41) is 6.54. The van der Waals surface area contributed by atoms with Crippen LogP contribution < -0.4 is 10.6 Å². The molecule has 0 aliphatic heterocycles. The van der Waals surface area contributed by atoms with Crippen LogP contribution in [0.25, 0.3) is 11.1 Å². The molecule has 0 atom stereocenters. The molecule has 0 radical (unpaired) electrons. The lowest BCUT2D eigenvalue weighted by atomic mass is 10.1. The predicted molar refractivity (Wildman–Crippen MR) is 108 cm³/mol. The fourth-order valence-electron chi connectivity index (χ4n) is 2.70. The molecule has 0 aliphatic rings. The van der Waals surface area contributed by atoms with Crippen molar-refractivity contribution in [3.8, 4) is 11.1 Å². The van der Waals surface area contributed by atoms with Crippen molar-refractivity contribution >= 4 is 28.8 Å². The molecule has 140 valence electrons. The SMILES string of the molecule is Fc1ccc(Nc2ncncc2-c2ccc(NCc3cnc[nH]3)cc2)cc1Cl. The van der Waals surface area contributed by atoms with Gasteiger partial charge in [0.05, 0.1) is 23.6 Å². The molecule has 4 rings (SSSR count). The van der Waals surface area contributed by atoms with Gasteiger partial charge < -0.3 is 15.6 Å². The third-order valence-electron chi connectivity index (χ3n) is 4.13. The van der Waals surface area contributed by atoms with Gasteiger partial charge in [0.15, 0.2) is 0 Å². The molecule has 2 aromatic carbocycles. The minimum absolute atomic E-state index is 0.0494. The number of anilines is 3. The van der Waals surface area contributed by atoms with Crippen LogP contribution in [0.5, 0.6) is 0 Å². The number of hydrogen-bond donors (Lipinski definition) is 3. The number of H-pyrrole nitrogens is 1. The van der Waals surface area contributed by atoms with Crippen LogP contribution in [0.3, 0.4) is 0 Å². The topological polar surface area (TPSA) is 78.5 Å². The average Bonchev–Trinajstić information content (AvgIpc) is 3.24. The second-order valence-electron chi connectivity index (χ2n) is 6.05. The molecule has 2 aromatic heterocycles. The second kappa shape index (κ2) is 8.06. The third-order valence-corrected chi connectivity index (χ3v) is 4.42. The van der Waals surface area contributed by atoms with E-state index in [1.807, 2.05) is 24.3 Å². The number of aromatic nitrogens is 4. The molecular weight excluding hydrogens is 379 g/mol. The summed E-state index contributed by atoms with van der Waals surface area (Å²) < 4.78 is 13.4. The predicted octanol–water partition coefficient (Wildman–Crippen LogP) is 5.01. The Hall–Kier alpha value is -3.45. The molecule has 28 heavy (non-hydrogen) atoms. The first kappa shape index (κ1) is 17.9. The van der Waals surface area contributed by atoms with Gasteiger partial charge in [0.25, 0.3) is 0 Å². The number of aromatic amines is 1. The first-order valence-electron chi connectivity index (χ1n) is 8.53. The van der Waals surface area contributed by atoms with Crippen LogP contribution in [0.15, 0.2) is 67.5 Å². The van der Waals surface area contributed by atoms with Gasteiger partial charge in [0.2, 0.25) is 0 Å². The molecule has 0 unspecified atom stereocenters. The Labute approximate surface area is 165 Å². The number of nitrogens with zero attached hydrogens (tertiary/aromatic N) is 3. The lowest BCUT2D eigenvalue weighted by Gasteiger charge is -2.12. The molecule has 4 aromatic rings. The van der Waals surface area contributed by atoms with E-state index >= 15 is 0 Å². The Balaban J connectivity index is 1.53. The lowest BCUT2D eigenvalue weighted by Crippen LogP contribution is -2.00. The van der Waals surface area contributed by atoms with Crippen molar-refractivity contribution in [1.29, 1.82) is 0 Å². The van der Waals surface area contributed by atoms with E-state index < -0.39 is 5.82 Å². The number of rotatable bonds is 6. The first-order valence-corrected chi connectivity index (χ1v) is 8.90. The van der Waals surface area contributed by atoms with Crippen molar-refractivity contribution in [2.24, 2.45) is 0 Å². The van der Waals surface area contributed by atoms with Gasteiger partial charge >= 0.3 is 0 Å². The fraction of sp³-hybridized carbons (Fsp3) is 0.0500. The third kappa shape index (κ3) is 4.10. The zero-order valence-corrected chi connectivity index (χ0v) is 15.4. The molecule has 0 aliphatic carbocycles. The van der Waals surface area contributed by atoms with E-state index in [1.165, 1.54) is 18.5 Å². The normalized spacial score (nSPS) is 10.6. The zero-order chi connectivity index (χ0) is 19.3. The molecule has 0 spiro atoms. The molecule has 0 saturated heterocycles. The molecule has 8 heteroatoms. The van der Waals surface area contributed by atoms with Crippen LogP contribution in [0.2, 0.25) is 5.02 Å². The van der Waals surface area contributed by atoms with Crippen LogP contribution in [0, 0.1) is 5.82 Å². The average molecular weight is 395 g/mol. The summed E-state index contributed by atoms with van der Waals surface area (Å²) in [5.41, 5.74) is 4.40. The summed E-state index contributed by atoms with van der Waals surface area (Å²) in [6, 6.07) is 12.4. The van der Waals surface area contributed by atoms with Gasteiger partial charge in [0.1, 0.15) is 18.0 Å². The molecule has 6 nitrogen and oxygen atoms in total. The maximum absolute atomic E-state index is 13.4.